The van der Waals surface area contributed by atoms with Crippen LogP contribution in [0, 0.1) is 5.92 Å². The van der Waals surface area contributed by atoms with Gasteiger partial charge in [0.25, 0.3) is 0 Å². The van der Waals surface area contributed by atoms with Gasteiger partial charge in [-0.15, -0.1) is 0 Å². The standard InChI is InChI=1S/C13H22ClF3O/c1-2-3-4-5-6-7-8-9-10-11(12(14)18)13(15,16)17/h11H,2-10H2,1H3. The Kier molecular flexibility index (Phi) is 9.52. The van der Waals surface area contributed by atoms with Crippen LogP contribution >= 0.6 is 11.6 Å². The van der Waals surface area contributed by atoms with Crippen LogP contribution in [0.25, 0.3) is 0 Å². The summed E-state index contributed by atoms with van der Waals surface area (Å²) in [6.07, 6.45) is 3.21. The van der Waals surface area contributed by atoms with Crippen molar-refractivity contribution < 1.29 is 18.0 Å². The molecular formula is C13H22ClF3O. The first kappa shape index (κ1) is 17.8. The Hall–Kier alpha value is -0.250. The fourth-order valence-electron chi connectivity index (χ4n) is 1.89. The average molecular weight is 287 g/mol. The Morgan fingerprint density at radius 3 is 1.83 bits per heavy atom. The zero-order valence-electron chi connectivity index (χ0n) is 10.9. The van der Waals surface area contributed by atoms with Gasteiger partial charge < -0.3 is 0 Å². The number of unbranched alkanes of at least 4 members (excludes halogenated alkanes) is 7. The molecule has 0 N–H and O–H groups in total. The number of hydrogen-bond acceptors (Lipinski definition) is 1. The lowest BCUT2D eigenvalue weighted by Gasteiger charge is -2.15. The Balaban J connectivity index is 3.60. The molecule has 0 saturated heterocycles. The van der Waals surface area contributed by atoms with Gasteiger partial charge in [-0.3, -0.25) is 4.79 Å². The van der Waals surface area contributed by atoms with Gasteiger partial charge in [-0.25, -0.2) is 0 Å². The van der Waals surface area contributed by atoms with Crippen molar-refractivity contribution >= 4 is 16.8 Å². The predicted octanol–water partition coefficient (Wildman–Crippen LogP) is 5.46. The quantitative estimate of drug-likeness (QED) is 0.385. The van der Waals surface area contributed by atoms with Crippen LogP contribution in [0.4, 0.5) is 13.2 Å². The minimum absolute atomic E-state index is 0.180. The summed E-state index contributed by atoms with van der Waals surface area (Å²) in [5.41, 5.74) is 0. The first-order valence-corrected chi connectivity index (χ1v) is 7.03. The highest BCUT2D eigenvalue weighted by Crippen LogP contribution is 2.32. The lowest BCUT2D eigenvalue weighted by Crippen LogP contribution is -2.27. The molecule has 0 heterocycles. The van der Waals surface area contributed by atoms with Gasteiger partial charge in [-0.1, -0.05) is 58.3 Å². The maximum atomic E-state index is 12.4. The number of alkyl halides is 3. The highest BCUT2D eigenvalue weighted by molar-refractivity contribution is 6.64. The third-order valence-corrected chi connectivity index (χ3v) is 3.28. The molecule has 0 saturated carbocycles. The van der Waals surface area contributed by atoms with E-state index in [1.807, 2.05) is 0 Å². The molecule has 0 aliphatic heterocycles. The van der Waals surface area contributed by atoms with E-state index in [0.29, 0.717) is 6.42 Å². The second-order valence-electron chi connectivity index (χ2n) is 4.66. The Labute approximate surface area is 112 Å². The summed E-state index contributed by atoms with van der Waals surface area (Å²) in [6.45, 7) is 2.14. The highest BCUT2D eigenvalue weighted by Gasteiger charge is 2.43. The van der Waals surface area contributed by atoms with E-state index >= 15 is 0 Å². The van der Waals surface area contributed by atoms with E-state index < -0.39 is 17.3 Å². The number of carbonyl (C=O) groups is 1. The molecular weight excluding hydrogens is 265 g/mol. The zero-order chi connectivity index (χ0) is 14.0. The zero-order valence-corrected chi connectivity index (χ0v) is 11.6. The average Bonchev–Trinajstić information content (AvgIpc) is 2.24. The van der Waals surface area contributed by atoms with Crippen molar-refractivity contribution in [3.05, 3.63) is 0 Å². The summed E-state index contributed by atoms with van der Waals surface area (Å²) in [4.78, 5) is 10.7. The highest BCUT2D eigenvalue weighted by atomic mass is 35.5. The van der Waals surface area contributed by atoms with E-state index in [9.17, 15) is 18.0 Å². The van der Waals surface area contributed by atoms with E-state index in [1.165, 1.54) is 19.3 Å². The number of halogens is 4. The molecule has 1 unspecified atom stereocenters. The summed E-state index contributed by atoms with van der Waals surface area (Å²) in [5, 5.41) is -1.29. The van der Waals surface area contributed by atoms with Crippen molar-refractivity contribution in [1.82, 2.24) is 0 Å². The van der Waals surface area contributed by atoms with Gasteiger partial charge in [-0.2, -0.15) is 13.2 Å². The Bertz CT molecular complexity index is 229. The van der Waals surface area contributed by atoms with Gasteiger partial charge >= 0.3 is 6.18 Å². The summed E-state index contributed by atoms with van der Waals surface area (Å²) in [7, 11) is 0. The second-order valence-corrected chi connectivity index (χ2v) is 5.03. The molecule has 0 bridgehead atoms. The Morgan fingerprint density at radius 2 is 1.44 bits per heavy atom. The van der Waals surface area contributed by atoms with Crippen molar-refractivity contribution in [3.8, 4) is 0 Å². The van der Waals surface area contributed by atoms with Gasteiger partial charge in [-0.05, 0) is 18.0 Å². The predicted molar refractivity (Wildman–Crippen MR) is 67.6 cm³/mol. The van der Waals surface area contributed by atoms with E-state index in [-0.39, 0.29) is 6.42 Å². The maximum Gasteiger partial charge on any atom is 0.399 e. The van der Waals surface area contributed by atoms with Gasteiger partial charge in [0.2, 0.25) is 5.24 Å². The van der Waals surface area contributed by atoms with Crippen molar-refractivity contribution in [2.75, 3.05) is 0 Å². The first-order chi connectivity index (χ1) is 8.39. The topological polar surface area (TPSA) is 17.1 Å². The van der Waals surface area contributed by atoms with Crippen LogP contribution in [0.1, 0.15) is 64.7 Å². The monoisotopic (exact) mass is 286 g/mol. The minimum Gasteiger partial charge on any atom is -0.281 e. The molecule has 0 aromatic rings. The van der Waals surface area contributed by atoms with Crippen molar-refractivity contribution in [3.63, 3.8) is 0 Å². The molecule has 1 atom stereocenters. The molecule has 5 heteroatoms. The normalized spacial score (nSPS) is 13.6. The van der Waals surface area contributed by atoms with Crippen LogP contribution in [0.5, 0.6) is 0 Å². The Morgan fingerprint density at radius 1 is 1.00 bits per heavy atom. The summed E-state index contributed by atoms with van der Waals surface area (Å²) < 4.78 is 37.1. The molecule has 108 valence electrons. The maximum absolute atomic E-state index is 12.4. The third-order valence-electron chi connectivity index (χ3n) is 3.02. The fourth-order valence-corrected chi connectivity index (χ4v) is 2.12. The van der Waals surface area contributed by atoms with Crippen LogP contribution in [0.15, 0.2) is 0 Å². The number of carbonyl (C=O) groups excluding carboxylic acids is 1. The first-order valence-electron chi connectivity index (χ1n) is 6.65. The van der Waals surface area contributed by atoms with Gasteiger partial charge in [0.15, 0.2) is 0 Å². The van der Waals surface area contributed by atoms with Crippen molar-refractivity contribution in [1.29, 1.82) is 0 Å². The summed E-state index contributed by atoms with van der Waals surface area (Å²) in [5.74, 6) is -1.99. The number of rotatable bonds is 10. The van der Waals surface area contributed by atoms with Gasteiger partial charge in [0, 0.05) is 0 Å². The minimum atomic E-state index is -4.50. The third kappa shape index (κ3) is 8.78. The lowest BCUT2D eigenvalue weighted by molar-refractivity contribution is -0.178. The lowest BCUT2D eigenvalue weighted by atomic mass is 10.0. The number of hydrogen-bond donors (Lipinski definition) is 0. The largest absolute Gasteiger partial charge is 0.399 e. The van der Waals surface area contributed by atoms with Crippen LogP contribution in [-0.4, -0.2) is 11.4 Å². The molecule has 0 amide bonds. The molecule has 1 nitrogen and oxygen atoms in total. The van der Waals surface area contributed by atoms with E-state index in [4.69, 9.17) is 11.6 Å². The molecule has 0 spiro atoms. The second kappa shape index (κ2) is 9.65. The van der Waals surface area contributed by atoms with Crippen LogP contribution < -0.4 is 0 Å². The summed E-state index contributed by atoms with van der Waals surface area (Å²) >= 11 is 4.97. The van der Waals surface area contributed by atoms with E-state index in [1.54, 1.807) is 0 Å². The van der Waals surface area contributed by atoms with Crippen molar-refractivity contribution in [2.45, 2.75) is 70.9 Å². The molecule has 0 aliphatic rings. The molecule has 0 aromatic heterocycles. The molecule has 18 heavy (non-hydrogen) atoms. The molecule has 0 fully saturated rings. The SMILES string of the molecule is CCCCCCCCCCC(C(=O)Cl)C(F)(F)F. The van der Waals surface area contributed by atoms with Crippen LogP contribution in [-0.2, 0) is 4.79 Å². The molecule has 0 rings (SSSR count). The molecule has 0 aromatic carbocycles. The van der Waals surface area contributed by atoms with E-state index in [2.05, 4.69) is 6.92 Å². The van der Waals surface area contributed by atoms with Crippen LogP contribution in [0.3, 0.4) is 0 Å². The van der Waals surface area contributed by atoms with Crippen molar-refractivity contribution in [2.24, 2.45) is 5.92 Å². The van der Waals surface area contributed by atoms with Crippen LogP contribution in [0.2, 0.25) is 0 Å². The fraction of sp³-hybridized carbons (Fsp3) is 0.923. The molecule has 0 aliphatic carbocycles. The molecule has 0 radical (unpaired) electrons. The van der Waals surface area contributed by atoms with Gasteiger partial charge in [0.1, 0.15) is 5.92 Å². The summed E-state index contributed by atoms with van der Waals surface area (Å²) in [6, 6.07) is 0. The smallest absolute Gasteiger partial charge is 0.281 e. The van der Waals surface area contributed by atoms with E-state index in [0.717, 1.165) is 25.7 Å². The van der Waals surface area contributed by atoms with Gasteiger partial charge in [0.05, 0.1) is 0 Å².